The van der Waals surface area contributed by atoms with Crippen molar-refractivity contribution in [2.45, 2.75) is 32.3 Å². The summed E-state index contributed by atoms with van der Waals surface area (Å²) in [5, 5.41) is 13.5. The second-order valence-electron chi connectivity index (χ2n) is 6.64. The number of nitrogens with zero attached hydrogens (tertiary/aromatic N) is 2. The molecule has 0 saturated carbocycles. The van der Waals surface area contributed by atoms with E-state index in [9.17, 15) is 9.90 Å². The van der Waals surface area contributed by atoms with Crippen LogP contribution >= 0.6 is 11.6 Å². The number of hydrogen-bond donors (Lipinski definition) is 2. The van der Waals surface area contributed by atoms with E-state index >= 15 is 0 Å². The third-order valence-corrected chi connectivity index (χ3v) is 3.78. The fraction of sp³-hybridized carbons (Fsp3) is 0.389. The van der Waals surface area contributed by atoms with E-state index in [0.717, 1.165) is 24.3 Å². The van der Waals surface area contributed by atoms with Gasteiger partial charge >= 0.3 is 0 Å². The topological polar surface area (TPSA) is 84.3 Å². The van der Waals surface area contributed by atoms with Crippen molar-refractivity contribution in [1.82, 2.24) is 15.3 Å². The molecule has 2 heterocycles. The van der Waals surface area contributed by atoms with Crippen LogP contribution < -0.4 is 5.32 Å². The molecule has 0 bridgehead atoms. The van der Waals surface area contributed by atoms with Crippen LogP contribution in [0.1, 0.15) is 32.4 Å². The highest BCUT2D eigenvalue weighted by molar-refractivity contribution is 6.33. The van der Waals surface area contributed by atoms with Gasteiger partial charge in [-0.05, 0) is 32.9 Å². The van der Waals surface area contributed by atoms with E-state index in [1.165, 1.54) is 0 Å². The molecule has 1 aliphatic heterocycles. The molecule has 0 aliphatic carbocycles. The van der Waals surface area contributed by atoms with Crippen LogP contribution in [0.25, 0.3) is 11.4 Å². The first-order valence-electron chi connectivity index (χ1n) is 7.95. The maximum atomic E-state index is 9.70. The van der Waals surface area contributed by atoms with Gasteiger partial charge in [0.1, 0.15) is 5.60 Å². The maximum absolute atomic E-state index is 9.70. The van der Waals surface area contributed by atoms with E-state index in [1.807, 2.05) is 39.0 Å². The molecule has 134 valence electrons. The highest BCUT2D eigenvalue weighted by Gasteiger charge is 2.22. The summed E-state index contributed by atoms with van der Waals surface area (Å²) in [6.07, 6.45) is 0. The minimum absolute atomic E-state index is 0.0122. The number of aromatic hydroxyl groups is 1. The summed E-state index contributed by atoms with van der Waals surface area (Å²) in [5.74, 6) is 0.810. The Morgan fingerprint density at radius 2 is 1.96 bits per heavy atom. The van der Waals surface area contributed by atoms with Crippen molar-refractivity contribution < 1.29 is 14.6 Å². The van der Waals surface area contributed by atoms with E-state index < -0.39 is 0 Å². The minimum Gasteiger partial charge on any atom is -0.493 e. The molecular formula is C18H22ClN3O3. The second-order valence-corrected chi connectivity index (χ2v) is 7.04. The fourth-order valence-electron chi connectivity index (χ4n) is 2.07. The average Bonchev–Trinajstić information content (AvgIpc) is 2.44. The van der Waals surface area contributed by atoms with Crippen molar-refractivity contribution in [3.63, 3.8) is 0 Å². The molecule has 0 radical (unpaired) electrons. The Hall–Kier alpha value is -2.18. The van der Waals surface area contributed by atoms with Crippen molar-refractivity contribution >= 4 is 18.1 Å². The van der Waals surface area contributed by atoms with Crippen molar-refractivity contribution in [3.8, 4) is 17.3 Å². The number of aromatic nitrogens is 2. The van der Waals surface area contributed by atoms with Crippen LogP contribution in [-0.2, 0) is 9.53 Å². The predicted molar refractivity (Wildman–Crippen MR) is 96.7 cm³/mol. The number of ether oxygens (including phenoxy) is 1. The number of carbonyl (C=O) groups is 1. The molecule has 7 heteroatoms. The first kappa shape index (κ1) is 19.1. The molecule has 0 spiro atoms. The van der Waals surface area contributed by atoms with Gasteiger partial charge in [0, 0.05) is 30.6 Å². The van der Waals surface area contributed by atoms with Gasteiger partial charge in [0.25, 0.3) is 6.47 Å². The Kier molecular flexibility index (Phi) is 6.33. The summed E-state index contributed by atoms with van der Waals surface area (Å²) in [5.41, 5.74) is 1.28. The van der Waals surface area contributed by atoms with Crippen LogP contribution in [0.5, 0.6) is 5.88 Å². The van der Waals surface area contributed by atoms with Crippen LogP contribution in [0, 0.1) is 0 Å². The fourth-order valence-corrected chi connectivity index (χ4v) is 2.29. The Bertz CT molecular complexity index is 728. The molecule has 1 fully saturated rings. The van der Waals surface area contributed by atoms with E-state index in [-0.39, 0.29) is 11.5 Å². The van der Waals surface area contributed by atoms with Gasteiger partial charge in [0.2, 0.25) is 5.88 Å². The molecular weight excluding hydrogens is 342 g/mol. The predicted octanol–water partition coefficient (Wildman–Crippen LogP) is 3.15. The van der Waals surface area contributed by atoms with Crippen LogP contribution in [0.4, 0.5) is 0 Å². The Labute approximate surface area is 152 Å². The standard InChI is InChI=1S/C13H12ClN3O.C5H10O2/c14-10-4-2-1-3-9(10)13-16-11(5-12(18)17-13)8-6-15-7-8;1-5(2,3)7-4-6/h1-5,8,15H,6-7H2,(H,16,17,18);4H,1-3H3. The molecule has 2 N–H and O–H groups in total. The highest BCUT2D eigenvalue weighted by atomic mass is 35.5. The van der Waals surface area contributed by atoms with E-state index in [4.69, 9.17) is 11.6 Å². The van der Waals surface area contributed by atoms with Crippen LogP contribution in [-0.4, -0.2) is 40.2 Å². The number of carbonyl (C=O) groups excluding carboxylic acids is 1. The monoisotopic (exact) mass is 363 g/mol. The molecule has 2 aromatic rings. The zero-order valence-electron chi connectivity index (χ0n) is 14.5. The molecule has 6 nitrogen and oxygen atoms in total. The van der Waals surface area contributed by atoms with Crippen LogP contribution in [0.15, 0.2) is 30.3 Å². The molecule has 1 aliphatic rings. The van der Waals surface area contributed by atoms with Gasteiger partial charge in [-0.25, -0.2) is 4.98 Å². The zero-order chi connectivity index (χ0) is 18.4. The lowest BCUT2D eigenvalue weighted by molar-refractivity contribution is -0.138. The lowest BCUT2D eigenvalue weighted by atomic mass is 9.99. The van der Waals surface area contributed by atoms with Gasteiger partial charge in [-0.3, -0.25) is 4.79 Å². The van der Waals surface area contributed by atoms with Crippen LogP contribution in [0.2, 0.25) is 5.02 Å². The molecule has 1 aromatic carbocycles. The molecule has 3 rings (SSSR count). The van der Waals surface area contributed by atoms with Gasteiger partial charge in [-0.1, -0.05) is 23.7 Å². The number of benzene rings is 1. The second kappa shape index (κ2) is 8.27. The van der Waals surface area contributed by atoms with Crippen molar-refractivity contribution in [1.29, 1.82) is 0 Å². The summed E-state index contributed by atoms with van der Waals surface area (Å²) in [7, 11) is 0. The number of hydrogen-bond acceptors (Lipinski definition) is 6. The molecule has 1 aromatic heterocycles. The Morgan fingerprint density at radius 3 is 2.44 bits per heavy atom. The Balaban J connectivity index is 0.000000277. The summed E-state index contributed by atoms with van der Waals surface area (Å²) in [4.78, 5) is 18.1. The normalized spacial score (nSPS) is 14.1. The van der Waals surface area contributed by atoms with Gasteiger partial charge in [0.15, 0.2) is 5.82 Å². The summed E-state index contributed by atoms with van der Waals surface area (Å²) < 4.78 is 4.55. The third-order valence-electron chi connectivity index (χ3n) is 3.45. The van der Waals surface area contributed by atoms with Gasteiger partial charge in [-0.15, -0.1) is 0 Å². The largest absolute Gasteiger partial charge is 0.493 e. The molecule has 1 saturated heterocycles. The lowest BCUT2D eigenvalue weighted by Crippen LogP contribution is -2.40. The number of halogens is 1. The molecule has 0 atom stereocenters. The van der Waals surface area contributed by atoms with E-state index in [1.54, 1.807) is 12.1 Å². The quantitative estimate of drug-likeness (QED) is 0.815. The van der Waals surface area contributed by atoms with Gasteiger partial charge < -0.3 is 15.2 Å². The molecule has 0 unspecified atom stereocenters. The zero-order valence-corrected chi connectivity index (χ0v) is 15.2. The van der Waals surface area contributed by atoms with E-state index in [0.29, 0.717) is 23.2 Å². The average molecular weight is 364 g/mol. The van der Waals surface area contributed by atoms with E-state index in [2.05, 4.69) is 20.0 Å². The van der Waals surface area contributed by atoms with Gasteiger partial charge in [-0.2, -0.15) is 4.98 Å². The first-order valence-corrected chi connectivity index (χ1v) is 8.33. The van der Waals surface area contributed by atoms with Crippen molar-refractivity contribution in [2.24, 2.45) is 0 Å². The smallest absolute Gasteiger partial charge is 0.293 e. The van der Waals surface area contributed by atoms with Gasteiger partial charge in [0.05, 0.1) is 10.7 Å². The van der Waals surface area contributed by atoms with Crippen molar-refractivity contribution in [2.75, 3.05) is 13.1 Å². The summed E-state index contributed by atoms with van der Waals surface area (Å²) >= 11 is 6.12. The summed E-state index contributed by atoms with van der Waals surface area (Å²) in [6, 6.07) is 8.98. The number of rotatable bonds is 3. The summed E-state index contributed by atoms with van der Waals surface area (Å²) in [6.45, 7) is 7.70. The lowest BCUT2D eigenvalue weighted by Gasteiger charge is -2.26. The number of nitrogens with one attached hydrogen (secondary N) is 1. The molecule has 25 heavy (non-hydrogen) atoms. The van der Waals surface area contributed by atoms with Crippen LogP contribution in [0.3, 0.4) is 0 Å². The first-order chi connectivity index (χ1) is 11.8. The molecule has 0 amide bonds. The Morgan fingerprint density at radius 1 is 1.28 bits per heavy atom. The SMILES string of the molecule is CC(C)(C)OC=O.Oc1cc(C2CNC2)nc(-c2ccccc2Cl)n1. The third kappa shape index (κ3) is 5.69. The van der Waals surface area contributed by atoms with Crippen molar-refractivity contribution in [3.05, 3.63) is 41.0 Å². The minimum atomic E-state index is -0.318. The maximum Gasteiger partial charge on any atom is 0.293 e. The highest BCUT2D eigenvalue weighted by Crippen LogP contribution is 2.28.